The maximum atomic E-state index is 6.66. The lowest BCUT2D eigenvalue weighted by molar-refractivity contribution is 0.668. The summed E-state index contributed by atoms with van der Waals surface area (Å²) >= 11 is 0. The van der Waals surface area contributed by atoms with Crippen LogP contribution in [0.25, 0.3) is 65.8 Å². The van der Waals surface area contributed by atoms with Gasteiger partial charge in [-0.25, -0.2) is 0 Å². The van der Waals surface area contributed by atoms with Gasteiger partial charge in [-0.3, -0.25) is 0 Å². The van der Waals surface area contributed by atoms with E-state index in [1.54, 1.807) is 0 Å². The molecule has 6 nitrogen and oxygen atoms in total. The summed E-state index contributed by atoms with van der Waals surface area (Å²) in [7, 11) is 0. The van der Waals surface area contributed by atoms with Gasteiger partial charge in [-0.15, -0.1) is 0 Å². The number of para-hydroxylation sites is 4. The third-order valence-corrected chi connectivity index (χ3v) is 11.9. The van der Waals surface area contributed by atoms with Crippen molar-refractivity contribution in [3.05, 3.63) is 200 Å². The SMILES string of the molecule is c1ccc(N2c3cc(N(c4ccc5oc6ccccc6c5c4)c4ccc5oc6ccccc6c5c4)cc(c3)N(c3ccccc3)c3cccc4oc5cccc2c5c34)cc1. The molecule has 0 saturated carbocycles. The standard InChI is InChI=1S/C54H33N3O3/c1-3-13-34(14-4-1)56-39-29-38(30-40(31-39)57(35-15-5-2-6-16-35)46-20-12-24-52-54(46)53-45(56)19-11-23-51(53)60-52)55(36-25-27-49-43(32-36)41-17-7-9-21-47(41)58-49)37-26-28-50-44(33-37)42-18-8-10-22-48(42)59-50/h1-33H. The highest BCUT2D eigenvalue weighted by Crippen LogP contribution is 2.53. The molecule has 3 aromatic heterocycles. The number of furan rings is 3. The minimum atomic E-state index is 0.835. The van der Waals surface area contributed by atoms with Gasteiger partial charge < -0.3 is 28.0 Å². The molecule has 0 fully saturated rings. The second-order valence-corrected chi connectivity index (χ2v) is 15.3. The average Bonchev–Trinajstić information content (AvgIpc) is 3.99. The average molecular weight is 772 g/mol. The predicted octanol–water partition coefficient (Wildman–Crippen LogP) is 16.1. The maximum absolute atomic E-state index is 6.66. The molecule has 13 rings (SSSR count). The van der Waals surface area contributed by atoms with Crippen molar-refractivity contribution in [2.45, 2.75) is 0 Å². The summed E-state index contributed by atoms with van der Waals surface area (Å²) < 4.78 is 19.4. The van der Waals surface area contributed by atoms with Crippen molar-refractivity contribution in [2.24, 2.45) is 0 Å². The van der Waals surface area contributed by atoms with E-state index in [2.05, 4.69) is 191 Å². The van der Waals surface area contributed by atoms with Gasteiger partial charge in [0.2, 0.25) is 0 Å². The van der Waals surface area contributed by atoms with Gasteiger partial charge in [0.15, 0.2) is 0 Å². The van der Waals surface area contributed by atoms with E-state index in [0.29, 0.717) is 0 Å². The highest BCUT2D eigenvalue weighted by atomic mass is 16.3. The minimum Gasteiger partial charge on any atom is -0.456 e. The van der Waals surface area contributed by atoms with Gasteiger partial charge in [0.05, 0.1) is 39.2 Å². The van der Waals surface area contributed by atoms with Crippen molar-refractivity contribution in [2.75, 3.05) is 14.7 Å². The molecule has 1 aliphatic rings. The van der Waals surface area contributed by atoms with Crippen LogP contribution in [-0.4, -0.2) is 0 Å². The molecule has 0 radical (unpaired) electrons. The molecule has 1 aliphatic heterocycles. The van der Waals surface area contributed by atoms with Crippen molar-refractivity contribution in [1.82, 2.24) is 0 Å². The van der Waals surface area contributed by atoms with Gasteiger partial charge in [0, 0.05) is 44.3 Å². The van der Waals surface area contributed by atoms with Crippen LogP contribution in [0.1, 0.15) is 0 Å². The molecule has 0 saturated heterocycles. The maximum Gasteiger partial charge on any atom is 0.137 e. The predicted molar refractivity (Wildman–Crippen MR) is 246 cm³/mol. The third kappa shape index (κ3) is 4.88. The van der Waals surface area contributed by atoms with E-state index in [1.165, 1.54) is 0 Å². The van der Waals surface area contributed by atoms with Crippen molar-refractivity contribution in [3.63, 3.8) is 0 Å². The van der Waals surface area contributed by atoms with E-state index < -0.39 is 0 Å². The number of rotatable bonds is 5. The zero-order valence-electron chi connectivity index (χ0n) is 32.1. The lowest BCUT2D eigenvalue weighted by atomic mass is 10.1. The van der Waals surface area contributed by atoms with E-state index in [0.717, 1.165) is 117 Å². The van der Waals surface area contributed by atoms with Crippen LogP contribution in [0.15, 0.2) is 213 Å². The molecule has 282 valence electrons. The number of benzene rings is 9. The van der Waals surface area contributed by atoms with Crippen LogP contribution in [0.5, 0.6) is 0 Å². The van der Waals surface area contributed by atoms with E-state index in [1.807, 2.05) is 24.3 Å². The molecule has 2 bridgehead atoms. The molecule has 0 unspecified atom stereocenters. The molecule has 0 aliphatic carbocycles. The molecular weight excluding hydrogens is 739 g/mol. The first-order valence-corrected chi connectivity index (χ1v) is 20.2. The van der Waals surface area contributed by atoms with E-state index >= 15 is 0 Å². The summed E-state index contributed by atoms with van der Waals surface area (Å²) in [5.41, 5.74) is 14.2. The largest absolute Gasteiger partial charge is 0.456 e. The Morgan fingerprint density at radius 2 is 0.700 bits per heavy atom. The highest BCUT2D eigenvalue weighted by molar-refractivity contribution is 6.20. The van der Waals surface area contributed by atoms with Crippen LogP contribution in [0, 0.1) is 0 Å². The Bertz CT molecular complexity index is 3410. The topological polar surface area (TPSA) is 49.1 Å². The molecule has 12 aromatic rings. The van der Waals surface area contributed by atoms with E-state index in [9.17, 15) is 0 Å². The Kier molecular flexibility index (Phi) is 6.91. The fraction of sp³-hybridized carbons (Fsp3) is 0. The van der Waals surface area contributed by atoms with E-state index in [4.69, 9.17) is 13.3 Å². The van der Waals surface area contributed by atoms with Crippen LogP contribution >= 0.6 is 0 Å². The van der Waals surface area contributed by atoms with Crippen LogP contribution in [0.3, 0.4) is 0 Å². The molecule has 0 spiro atoms. The number of nitrogens with zero attached hydrogens (tertiary/aromatic N) is 3. The van der Waals surface area contributed by atoms with Crippen molar-refractivity contribution in [1.29, 1.82) is 0 Å². The zero-order valence-corrected chi connectivity index (χ0v) is 32.1. The van der Waals surface area contributed by atoms with Crippen LogP contribution in [0.2, 0.25) is 0 Å². The lowest BCUT2D eigenvalue weighted by Gasteiger charge is -2.32. The Labute approximate surface area is 343 Å². The van der Waals surface area contributed by atoms with Crippen molar-refractivity contribution >= 4 is 117 Å². The van der Waals surface area contributed by atoms with Gasteiger partial charge >= 0.3 is 0 Å². The van der Waals surface area contributed by atoms with Crippen LogP contribution in [-0.2, 0) is 0 Å². The number of fused-ring (bicyclic) bond motifs is 8. The number of hydrogen-bond donors (Lipinski definition) is 0. The van der Waals surface area contributed by atoms with Gasteiger partial charge in [0.25, 0.3) is 0 Å². The fourth-order valence-corrected chi connectivity index (χ4v) is 9.33. The van der Waals surface area contributed by atoms with Gasteiger partial charge in [-0.05, 0) is 115 Å². The van der Waals surface area contributed by atoms with E-state index in [-0.39, 0.29) is 0 Å². The fourth-order valence-electron chi connectivity index (χ4n) is 9.33. The van der Waals surface area contributed by atoms with Crippen LogP contribution < -0.4 is 14.7 Å². The zero-order chi connectivity index (χ0) is 39.3. The third-order valence-electron chi connectivity index (χ3n) is 11.9. The van der Waals surface area contributed by atoms with Gasteiger partial charge in [0.1, 0.15) is 33.5 Å². The summed E-state index contributed by atoms with van der Waals surface area (Å²) in [6.45, 7) is 0. The summed E-state index contributed by atoms with van der Waals surface area (Å²) in [6, 6.07) is 70.4. The number of hydrogen-bond acceptors (Lipinski definition) is 6. The van der Waals surface area contributed by atoms with Crippen LogP contribution in [0.4, 0.5) is 51.2 Å². The Morgan fingerprint density at radius 3 is 1.20 bits per heavy atom. The van der Waals surface area contributed by atoms with Gasteiger partial charge in [-0.1, -0.05) is 84.9 Å². The molecular formula is C54H33N3O3. The summed E-state index contributed by atoms with van der Waals surface area (Å²) in [4.78, 5) is 7.10. The molecule has 0 atom stereocenters. The number of anilines is 9. The Hall–Kier alpha value is -8.22. The molecule has 9 aromatic carbocycles. The summed E-state index contributed by atoms with van der Waals surface area (Å²) in [5.74, 6) is 0. The van der Waals surface area contributed by atoms with Gasteiger partial charge in [-0.2, -0.15) is 0 Å². The quantitative estimate of drug-likeness (QED) is 0.174. The first-order chi connectivity index (χ1) is 29.7. The highest BCUT2D eigenvalue weighted by Gasteiger charge is 2.29. The normalized spacial score (nSPS) is 12.6. The molecule has 0 amide bonds. The molecule has 0 N–H and O–H groups in total. The monoisotopic (exact) mass is 771 g/mol. The summed E-state index contributed by atoms with van der Waals surface area (Å²) in [5, 5.41) is 6.38. The smallest absolute Gasteiger partial charge is 0.137 e. The summed E-state index contributed by atoms with van der Waals surface area (Å²) in [6.07, 6.45) is 0. The Morgan fingerprint density at radius 1 is 0.283 bits per heavy atom. The lowest BCUT2D eigenvalue weighted by Crippen LogP contribution is -2.15. The Balaban J connectivity index is 1.15. The minimum absolute atomic E-state index is 0.835. The molecule has 4 heterocycles. The van der Waals surface area contributed by atoms with Crippen molar-refractivity contribution < 1.29 is 13.3 Å². The molecule has 60 heavy (non-hydrogen) atoms. The first kappa shape index (κ1) is 32.8. The first-order valence-electron chi connectivity index (χ1n) is 20.2. The second kappa shape index (κ2) is 12.6. The second-order valence-electron chi connectivity index (χ2n) is 15.3. The van der Waals surface area contributed by atoms with Crippen molar-refractivity contribution in [3.8, 4) is 0 Å². The molecule has 6 heteroatoms.